The summed E-state index contributed by atoms with van der Waals surface area (Å²) in [5, 5.41) is -0.0510. The Hall–Kier alpha value is -2.18. The van der Waals surface area contributed by atoms with Crippen molar-refractivity contribution in [3.05, 3.63) is 59.1 Å². The molecule has 4 rings (SSSR count). The van der Waals surface area contributed by atoms with Gasteiger partial charge in [-0.05, 0) is 30.3 Å². The van der Waals surface area contributed by atoms with Gasteiger partial charge in [-0.15, -0.1) is 0 Å². The summed E-state index contributed by atoms with van der Waals surface area (Å²) in [6.45, 7) is 1.58. The molecule has 2 aliphatic heterocycles. The van der Waals surface area contributed by atoms with Gasteiger partial charge in [0.05, 0.1) is 30.9 Å². The number of ether oxygens (including phenoxy) is 2. The van der Waals surface area contributed by atoms with Gasteiger partial charge in [0, 0.05) is 24.6 Å². The largest absolute Gasteiger partial charge is 0.489 e. The molecule has 5 nitrogen and oxygen atoms in total. The van der Waals surface area contributed by atoms with Crippen LogP contribution >= 0.6 is 11.6 Å². The highest BCUT2D eigenvalue weighted by Crippen LogP contribution is 2.36. The predicted octanol–water partition coefficient (Wildman–Crippen LogP) is 3.33. The number of aromatic nitrogens is 1. The number of benzene rings is 1. The molecule has 0 aliphatic carbocycles. The lowest BCUT2D eigenvalue weighted by molar-refractivity contribution is -0.173. The van der Waals surface area contributed by atoms with Crippen molar-refractivity contribution in [2.45, 2.75) is 24.5 Å². The topological polar surface area (TPSA) is 51.7 Å². The van der Waals surface area contributed by atoms with Crippen molar-refractivity contribution >= 4 is 17.5 Å². The van der Waals surface area contributed by atoms with Gasteiger partial charge in [0.15, 0.2) is 0 Å². The number of hydrogen-bond donors (Lipinski definition) is 0. The molecule has 1 amide bonds. The molecule has 136 valence electrons. The maximum absolute atomic E-state index is 13.3. The highest BCUT2D eigenvalue weighted by Gasteiger charge is 2.50. The van der Waals surface area contributed by atoms with E-state index in [9.17, 15) is 9.18 Å². The van der Waals surface area contributed by atoms with Gasteiger partial charge in [-0.3, -0.25) is 9.78 Å². The minimum atomic E-state index is -0.533. The highest BCUT2D eigenvalue weighted by molar-refractivity contribution is 6.31. The molecule has 2 fully saturated rings. The van der Waals surface area contributed by atoms with Crippen molar-refractivity contribution in [3.63, 3.8) is 0 Å². The maximum Gasteiger partial charge on any atom is 0.254 e. The van der Waals surface area contributed by atoms with Crippen LogP contribution in [0.3, 0.4) is 0 Å². The highest BCUT2D eigenvalue weighted by atomic mass is 35.5. The third-order valence-electron chi connectivity index (χ3n) is 4.80. The number of rotatable bonds is 3. The Balaban J connectivity index is 1.38. The zero-order valence-electron chi connectivity index (χ0n) is 14.0. The number of carbonyl (C=O) groups is 1. The van der Waals surface area contributed by atoms with E-state index in [1.54, 1.807) is 17.3 Å². The van der Waals surface area contributed by atoms with Crippen LogP contribution in [0, 0.1) is 5.82 Å². The molecule has 1 aromatic carbocycles. The van der Waals surface area contributed by atoms with E-state index in [2.05, 4.69) is 4.98 Å². The summed E-state index contributed by atoms with van der Waals surface area (Å²) in [6, 6.07) is 7.73. The molecule has 0 radical (unpaired) electrons. The predicted molar refractivity (Wildman–Crippen MR) is 93.9 cm³/mol. The van der Waals surface area contributed by atoms with Gasteiger partial charge in [0.2, 0.25) is 0 Å². The second-order valence-electron chi connectivity index (χ2n) is 6.74. The SMILES string of the molecule is O=C(c1ccc(F)c(Cl)c1)N1CC2(CC(Oc3cccnc3)CCO2)C1. The quantitative estimate of drug-likeness (QED) is 0.824. The van der Waals surface area contributed by atoms with E-state index in [0.717, 1.165) is 18.6 Å². The minimum Gasteiger partial charge on any atom is -0.489 e. The third-order valence-corrected chi connectivity index (χ3v) is 5.09. The van der Waals surface area contributed by atoms with Crippen LogP contribution in [0.2, 0.25) is 5.02 Å². The van der Waals surface area contributed by atoms with Gasteiger partial charge in [0.25, 0.3) is 5.91 Å². The minimum absolute atomic E-state index is 0.0328. The van der Waals surface area contributed by atoms with Crippen LogP contribution in [0.25, 0.3) is 0 Å². The van der Waals surface area contributed by atoms with Crippen molar-refractivity contribution in [2.75, 3.05) is 19.7 Å². The van der Waals surface area contributed by atoms with E-state index in [4.69, 9.17) is 21.1 Å². The van der Waals surface area contributed by atoms with Crippen LogP contribution in [0.4, 0.5) is 4.39 Å². The second kappa shape index (κ2) is 6.85. The molecule has 3 heterocycles. The molecule has 7 heteroatoms. The van der Waals surface area contributed by atoms with Crippen molar-refractivity contribution in [1.29, 1.82) is 0 Å². The van der Waals surface area contributed by atoms with E-state index in [0.29, 0.717) is 25.3 Å². The van der Waals surface area contributed by atoms with E-state index in [-0.39, 0.29) is 22.6 Å². The molecule has 1 aromatic heterocycles. The number of likely N-dealkylation sites (tertiary alicyclic amines) is 1. The summed E-state index contributed by atoms with van der Waals surface area (Å²) in [5.74, 6) is 0.0356. The van der Waals surface area contributed by atoms with E-state index in [1.165, 1.54) is 18.2 Å². The Bertz CT molecular complexity index is 812. The van der Waals surface area contributed by atoms with Gasteiger partial charge in [0.1, 0.15) is 23.3 Å². The molecule has 2 aromatic rings. The van der Waals surface area contributed by atoms with Gasteiger partial charge in [-0.25, -0.2) is 4.39 Å². The first-order valence-corrected chi connectivity index (χ1v) is 8.87. The van der Waals surface area contributed by atoms with Crippen molar-refractivity contribution in [2.24, 2.45) is 0 Å². The number of amides is 1. The molecule has 26 heavy (non-hydrogen) atoms. The average Bonchev–Trinajstić information content (AvgIpc) is 2.62. The Morgan fingerprint density at radius 1 is 1.38 bits per heavy atom. The van der Waals surface area contributed by atoms with Crippen LogP contribution in [0.5, 0.6) is 5.75 Å². The summed E-state index contributed by atoms with van der Waals surface area (Å²) >= 11 is 5.77. The number of carbonyl (C=O) groups excluding carboxylic acids is 1. The Morgan fingerprint density at radius 3 is 2.96 bits per heavy atom. The molecular weight excluding hydrogens is 359 g/mol. The first-order chi connectivity index (χ1) is 12.5. The second-order valence-corrected chi connectivity index (χ2v) is 7.15. The maximum atomic E-state index is 13.3. The summed E-state index contributed by atoms with van der Waals surface area (Å²) in [6.07, 6.45) is 4.95. The first-order valence-electron chi connectivity index (χ1n) is 8.50. The van der Waals surface area contributed by atoms with Crippen LogP contribution in [-0.2, 0) is 4.74 Å². The Morgan fingerprint density at radius 2 is 2.23 bits per heavy atom. The van der Waals surface area contributed by atoms with E-state index >= 15 is 0 Å². The third kappa shape index (κ3) is 3.39. The van der Waals surface area contributed by atoms with Crippen molar-refractivity contribution < 1.29 is 18.7 Å². The van der Waals surface area contributed by atoms with Gasteiger partial charge in [-0.1, -0.05) is 11.6 Å². The summed E-state index contributed by atoms with van der Waals surface area (Å²) in [5.41, 5.74) is 0.00941. The van der Waals surface area contributed by atoms with Gasteiger partial charge < -0.3 is 14.4 Å². The van der Waals surface area contributed by atoms with E-state index < -0.39 is 5.82 Å². The summed E-state index contributed by atoms with van der Waals surface area (Å²) in [7, 11) is 0. The van der Waals surface area contributed by atoms with Crippen LogP contribution in [0.1, 0.15) is 23.2 Å². The number of halogens is 2. The monoisotopic (exact) mass is 376 g/mol. The fourth-order valence-corrected chi connectivity index (χ4v) is 3.70. The molecule has 1 spiro atoms. The zero-order chi connectivity index (χ0) is 18.1. The average molecular weight is 377 g/mol. The van der Waals surface area contributed by atoms with Gasteiger partial charge in [-0.2, -0.15) is 0 Å². The van der Waals surface area contributed by atoms with Crippen molar-refractivity contribution in [1.82, 2.24) is 9.88 Å². The fraction of sp³-hybridized carbons (Fsp3) is 0.368. The number of pyridine rings is 1. The molecule has 1 unspecified atom stereocenters. The zero-order valence-corrected chi connectivity index (χ0v) is 14.8. The summed E-state index contributed by atoms with van der Waals surface area (Å²) in [4.78, 5) is 18.3. The number of hydrogen-bond acceptors (Lipinski definition) is 4. The molecule has 0 N–H and O–H groups in total. The molecule has 2 saturated heterocycles. The smallest absolute Gasteiger partial charge is 0.254 e. The number of nitrogens with zero attached hydrogens (tertiary/aromatic N) is 2. The first kappa shape index (κ1) is 17.2. The normalized spacial score (nSPS) is 21.3. The lowest BCUT2D eigenvalue weighted by atomic mass is 9.84. The Labute approximate surface area is 155 Å². The molecular formula is C19H18ClFN2O3. The molecule has 0 bridgehead atoms. The van der Waals surface area contributed by atoms with E-state index in [1.807, 2.05) is 12.1 Å². The molecule has 1 atom stereocenters. The van der Waals surface area contributed by atoms with Crippen molar-refractivity contribution in [3.8, 4) is 5.75 Å². The van der Waals surface area contributed by atoms with Gasteiger partial charge >= 0.3 is 0 Å². The standard InChI is InChI=1S/C19H18ClFN2O3/c20-16-8-13(3-4-17(16)21)18(24)23-11-19(12-23)9-14(5-7-25-19)26-15-2-1-6-22-10-15/h1-4,6,8,10,14H,5,7,9,11-12H2. The fourth-order valence-electron chi connectivity index (χ4n) is 3.52. The Kier molecular flexibility index (Phi) is 4.54. The van der Waals surface area contributed by atoms with Crippen LogP contribution in [0.15, 0.2) is 42.7 Å². The summed E-state index contributed by atoms with van der Waals surface area (Å²) < 4.78 is 25.2. The lowest BCUT2D eigenvalue weighted by Gasteiger charge is -2.52. The van der Waals surface area contributed by atoms with Crippen LogP contribution in [-0.4, -0.2) is 47.2 Å². The lowest BCUT2D eigenvalue weighted by Crippen LogP contribution is -2.67. The van der Waals surface area contributed by atoms with Crippen LogP contribution < -0.4 is 4.74 Å². The molecule has 2 aliphatic rings. The molecule has 0 saturated carbocycles.